The predicted octanol–water partition coefficient (Wildman–Crippen LogP) is 1.35. The van der Waals surface area contributed by atoms with Crippen LogP contribution in [0.2, 0.25) is 0 Å². The topological polar surface area (TPSA) is 136 Å². The van der Waals surface area contributed by atoms with Crippen LogP contribution in [0.5, 0.6) is 17.2 Å². The normalized spacial score (nSPS) is 15.7. The van der Waals surface area contributed by atoms with E-state index >= 15 is 0 Å². The maximum absolute atomic E-state index is 11.0. The van der Waals surface area contributed by atoms with Crippen LogP contribution < -0.4 is 25.7 Å². The Hall–Kier alpha value is -2.81. The van der Waals surface area contributed by atoms with Gasteiger partial charge >= 0.3 is 0 Å². The Morgan fingerprint density at radius 1 is 1.23 bits per heavy atom. The predicted molar refractivity (Wildman–Crippen MR) is 91.9 cm³/mol. The molecule has 1 aromatic heterocycles. The molecule has 140 valence electrons. The summed E-state index contributed by atoms with van der Waals surface area (Å²) in [6, 6.07) is 3.32. The average molecular weight is 362 g/mol. The fourth-order valence-corrected chi connectivity index (χ4v) is 3.06. The summed E-state index contributed by atoms with van der Waals surface area (Å²) in [5.41, 5.74) is 11.6. The molecule has 1 aliphatic carbocycles. The summed E-state index contributed by atoms with van der Waals surface area (Å²) >= 11 is 0. The Bertz CT molecular complexity index is 773. The van der Waals surface area contributed by atoms with Crippen molar-refractivity contribution in [1.29, 1.82) is 0 Å². The van der Waals surface area contributed by atoms with E-state index < -0.39 is 11.4 Å². The van der Waals surface area contributed by atoms with E-state index in [9.17, 15) is 4.79 Å². The Kier molecular flexibility index (Phi) is 4.99. The number of amides is 1. The lowest BCUT2D eigenvalue weighted by Crippen LogP contribution is -2.34. The van der Waals surface area contributed by atoms with Gasteiger partial charge < -0.3 is 30.2 Å². The van der Waals surface area contributed by atoms with E-state index in [1.165, 1.54) is 14.2 Å². The Morgan fingerprint density at radius 3 is 2.38 bits per heavy atom. The first-order valence-corrected chi connectivity index (χ1v) is 8.27. The SMILES string of the molecule is COc1cc(-c2nc(C3(N)CCCC3)no2)cc(OC)c1OCC(N)=O. The largest absolute Gasteiger partial charge is 0.493 e. The summed E-state index contributed by atoms with van der Waals surface area (Å²) in [5, 5.41) is 4.05. The summed E-state index contributed by atoms with van der Waals surface area (Å²) in [4.78, 5) is 15.4. The second-order valence-electron chi connectivity index (χ2n) is 6.25. The molecule has 4 N–H and O–H groups in total. The molecule has 0 aliphatic heterocycles. The van der Waals surface area contributed by atoms with Gasteiger partial charge in [0.15, 0.2) is 23.9 Å². The van der Waals surface area contributed by atoms with Gasteiger partial charge in [-0.2, -0.15) is 4.98 Å². The van der Waals surface area contributed by atoms with E-state index in [1.54, 1.807) is 12.1 Å². The van der Waals surface area contributed by atoms with Crippen molar-refractivity contribution in [2.24, 2.45) is 11.5 Å². The minimum atomic E-state index is -0.607. The van der Waals surface area contributed by atoms with Crippen molar-refractivity contribution in [2.75, 3.05) is 20.8 Å². The zero-order chi connectivity index (χ0) is 18.7. The monoisotopic (exact) mass is 362 g/mol. The first-order chi connectivity index (χ1) is 12.5. The fourth-order valence-electron chi connectivity index (χ4n) is 3.06. The molecule has 0 radical (unpaired) electrons. The maximum atomic E-state index is 11.0. The number of ether oxygens (including phenoxy) is 3. The lowest BCUT2D eigenvalue weighted by atomic mass is 9.99. The van der Waals surface area contributed by atoms with Gasteiger partial charge in [-0.05, 0) is 25.0 Å². The molecule has 1 aromatic carbocycles. The van der Waals surface area contributed by atoms with Gasteiger partial charge in [-0.25, -0.2) is 0 Å². The van der Waals surface area contributed by atoms with Crippen molar-refractivity contribution in [3.8, 4) is 28.7 Å². The van der Waals surface area contributed by atoms with Gasteiger partial charge in [-0.1, -0.05) is 18.0 Å². The van der Waals surface area contributed by atoms with Crippen LogP contribution in [0.15, 0.2) is 16.7 Å². The molecule has 0 spiro atoms. The molecule has 1 heterocycles. The highest BCUT2D eigenvalue weighted by Gasteiger charge is 2.36. The first kappa shape index (κ1) is 18.0. The van der Waals surface area contributed by atoms with Crippen LogP contribution >= 0.6 is 0 Å². The number of aromatic nitrogens is 2. The van der Waals surface area contributed by atoms with E-state index in [0.29, 0.717) is 28.8 Å². The molecule has 9 heteroatoms. The molecule has 0 bridgehead atoms. The van der Waals surface area contributed by atoms with Crippen LogP contribution in [0.4, 0.5) is 0 Å². The minimum Gasteiger partial charge on any atom is -0.493 e. The second-order valence-corrected chi connectivity index (χ2v) is 6.25. The summed E-state index contributed by atoms with van der Waals surface area (Å²) < 4.78 is 21.5. The number of benzene rings is 1. The quantitative estimate of drug-likeness (QED) is 0.753. The van der Waals surface area contributed by atoms with Crippen molar-refractivity contribution >= 4 is 5.91 Å². The number of hydrogen-bond donors (Lipinski definition) is 2. The van der Waals surface area contributed by atoms with Gasteiger partial charge in [0, 0.05) is 5.56 Å². The van der Waals surface area contributed by atoms with Crippen LogP contribution in [0, 0.1) is 0 Å². The van der Waals surface area contributed by atoms with E-state index in [0.717, 1.165) is 25.7 Å². The third-order valence-electron chi connectivity index (χ3n) is 4.43. The molecule has 0 saturated heterocycles. The molecule has 3 rings (SSSR count). The molecular weight excluding hydrogens is 340 g/mol. The van der Waals surface area contributed by atoms with E-state index in [4.69, 9.17) is 30.2 Å². The van der Waals surface area contributed by atoms with Crippen LogP contribution in [-0.2, 0) is 10.3 Å². The molecule has 9 nitrogen and oxygen atoms in total. The number of hydrogen-bond acceptors (Lipinski definition) is 8. The van der Waals surface area contributed by atoms with Crippen LogP contribution in [0.3, 0.4) is 0 Å². The molecule has 0 atom stereocenters. The van der Waals surface area contributed by atoms with Gasteiger partial charge in [-0.15, -0.1) is 0 Å². The molecule has 1 aliphatic rings. The smallest absolute Gasteiger partial charge is 0.258 e. The Labute approximate surface area is 150 Å². The summed E-state index contributed by atoms with van der Waals surface area (Å²) in [6.45, 7) is -0.299. The number of methoxy groups -OCH3 is 2. The number of carbonyl (C=O) groups is 1. The molecule has 26 heavy (non-hydrogen) atoms. The molecule has 1 fully saturated rings. The van der Waals surface area contributed by atoms with Gasteiger partial charge in [0.05, 0.1) is 19.8 Å². The molecule has 0 unspecified atom stereocenters. The van der Waals surface area contributed by atoms with Crippen molar-refractivity contribution in [3.63, 3.8) is 0 Å². The van der Waals surface area contributed by atoms with Crippen LogP contribution in [-0.4, -0.2) is 36.9 Å². The highest BCUT2D eigenvalue weighted by molar-refractivity contribution is 5.76. The third kappa shape index (κ3) is 3.43. The van der Waals surface area contributed by atoms with Gasteiger partial charge in [0.25, 0.3) is 11.8 Å². The lowest BCUT2D eigenvalue weighted by molar-refractivity contribution is -0.119. The van der Waals surface area contributed by atoms with Crippen LogP contribution in [0.25, 0.3) is 11.5 Å². The first-order valence-electron chi connectivity index (χ1n) is 8.27. The van der Waals surface area contributed by atoms with Crippen molar-refractivity contribution < 1.29 is 23.5 Å². The lowest BCUT2D eigenvalue weighted by Gasteiger charge is -2.17. The highest BCUT2D eigenvalue weighted by atomic mass is 16.5. The minimum absolute atomic E-state index is 0.267. The summed E-state index contributed by atoms with van der Waals surface area (Å²) in [7, 11) is 2.95. The van der Waals surface area contributed by atoms with Gasteiger partial charge in [0.2, 0.25) is 5.75 Å². The van der Waals surface area contributed by atoms with Crippen molar-refractivity contribution in [1.82, 2.24) is 10.1 Å². The number of carbonyl (C=O) groups excluding carboxylic acids is 1. The number of primary amides is 1. The standard InChI is InChI=1S/C17H22N4O5/c1-23-11-7-10(8-12(24-2)14(11)25-9-13(18)22)15-20-16(21-26-15)17(19)5-3-4-6-17/h7-8H,3-6,9,19H2,1-2H3,(H2,18,22). The zero-order valence-corrected chi connectivity index (χ0v) is 14.8. The van der Waals surface area contributed by atoms with Crippen molar-refractivity contribution in [2.45, 2.75) is 31.2 Å². The number of nitrogens with two attached hydrogens (primary N) is 2. The second kappa shape index (κ2) is 7.20. The number of nitrogens with zero attached hydrogens (tertiary/aromatic N) is 2. The zero-order valence-electron chi connectivity index (χ0n) is 14.8. The van der Waals surface area contributed by atoms with E-state index in [-0.39, 0.29) is 12.4 Å². The number of rotatable bonds is 7. The molecule has 1 amide bonds. The van der Waals surface area contributed by atoms with E-state index in [1.807, 2.05) is 0 Å². The van der Waals surface area contributed by atoms with Crippen LogP contribution in [0.1, 0.15) is 31.5 Å². The van der Waals surface area contributed by atoms with Crippen molar-refractivity contribution in [3.05, 3.63) is 18.0 Å². The third-order valence-corrected chi connectivity index (χ3v) is 4.43. The van der Waals surface area contributed by atoms with E-state index in [2.05, 4.69) is 10.1 Å². The fraction of sp³-hybridized carbons (Fsp3) is 0.471. The maximum Gasteiger partial charge on any atom is 0.258 e. The highest BCUT2D eigenvalue weighted by Crippen LogP contribution is 2.42. The molecular formula is C17H22N4O5. The Balaban J connectivity index is 1.95. The molecule has 1 saturated carbocycles. The summed E-state index contributed by atoms with van der Waals surface area (Å²) in [6.07, 6.45) is 3.76. The summed E-state index contributed by atoms with van der Waals surface area (Å²) in [5.74, 6) is 1.16. The molecule has 2 aromatic rings. The average Bonchev–Trinajstić information content (AvgIpc) is 3.29. The van der Waals surface area contributed by atoms with Gasteiger partial charge in [-0.3, -0.25) is 4.79 Å². The van der Waals surface area contributed by atoms with Gasteiger partial charge in [0.1, 0.15) is 0 Å². The Morgan fingerprint density at radius 2 is 1.85 bits per heavy atom.